The highest BCUT2D eigenvalue weighted by molar-refractivity contribution is 9.10. The molecule has 27 heavy (non-hydrogen) atoms. The standard InChI is InChI=1S/C21H20BrN3O2/c22-17-3-1-5-19-16(17)7-8-23(19)13-21(27)24-10-14-9-15(12-24)18-4-2-6-20(26)25(18)11-14/h1-8,14-15H,9-13H2/t14-,15+/m0/s1. The fourth-order valence-corrected chi connectivity index (χ4v) is 5.16. The van der Waals surface area contributed by atoms with E-state index in [0.717, 1.165) is 34.0 Å². The Morgan fingerprint density at radius 3 is 2.81 bits per heavy atom. The summed E-state index contributed by atoms with van der Waals surface area (Å²) in [5.41, 5.74) is 2.21. The van der Waals surface area contributed by atoms with E-state index in [4.69, 9.17) is 0 Å². The molecular weight excluding hydrogens is 406 g/mol. The monoisotopic (exact) mass is 425 g/mol. The summed E-state index contributed by atoms with van der Waals surface area (Å²) in [5, 5.41) is 1.12. The van der Waals surface area contributed by atoms with Crippen LogP contribution in [0.1, 0.15) is 18.0 Å². The van der Waals surface area contributed by atoms with Crippen molar-refractivity contribution in [1.29, 1.82) is 0 Å². The number of nitrogens with zero attached hydrogens (tertiary/aromatic N) is 3. The van der Waals surface area contributed by atoms with E-state index < -0.39 is 0 Å². The van der Waals surface area contributed by atoms with Gasteiger partial charge in [-0.2, -0.15) is 0 Å². The Labute approximate surface area is 165 Å². The summed E-state index contributed by atoms with van der Waals surface area (Å²) in [5.74, 6) is 0.760. The van der Waals surface area contributed by atoms with Gasteiger partial charge in [0.2, 0.25) is 5.91 Å². The first-order chi connectivity index (χ1) is 13.1. The lowest BCUT2D eigenvalue weighted by molar-refractivity contribution is -0.134. The third kappa shape index (κ3) is 2.83. The second-order valence-electron chi connectivity index (χ2n) is 7.61. The summed E-state index contributed by atoms with van der Waals surface area (Å²) in [6, 6.07) is 13.6. The van der Waals surface area contributed by atoms with Crippen LogP contribution < -0.4 is 5.56 Å². The third-order valence-electron chi connectivity index (χ3n) is 5.90. The zero-order chi connectivity index (χ0) is 18.5. The quantitative estimate of drug-likeness (QED) is 0.632. The largest absolute Gasteiger partial charge is 0.340 e. The van der Waals surface area contributed by atoms with Crippen LogP contribution in [0, 0.1) is 5.92 Å². The van der Waals surface area contributed by atoms with Gasteiger partial charge in [-0.15, -0.1) is 0 Å². The molecule has 0 unspecified atom stereocenters. The van der Waals surface area contributed by atoms with Crippen LogP contribution in [0.3, 0.4) is 0 Å². The van der Waals surface area contributed by atoms with Gasteiger partial charge >= 0.3 is 0 Å². The van der Waals surface area contributed by atoms with Crippen LogP contribution in [0.15, 0.2) is 57.9 Å². The molecule has 2 aromatic heterocycles. The predicted molar refractivity (Wildman–Crippen MR) is 108 cm³/mol. The molecule has 2 atom stereocenters. The first kappa shape index (κ1) is 16.8. The Morgan fingerprint density at radius 1 is 1.07 bits per heavy atom. The third-order valence-corrected chi connectivity index (χ3v) is 6.59. The van der Waals surface area contributed by atoms with Crippen LogP contribution in [-0.2, 0) is 17.9 Å². The Kier molecular flexibility index (Phi) is 3.97. The number of hydrogen-bond acceptors (Lipinski definition) is 2. The minimum Gasteiger partial charge on any atom is -0.340 e. The molecule has 0 spiro atoms. The van der Waals surface area contributed by atoms with Gasteiger partial charge in [0, 0.05) is 58.9 Å². The Hall–Kier alpha value is -2.34. The van der Waals surface area contributed by atoms with Gasteiger partial charge in [0.05, 0.1) is 0 Å². The minimum atomic E-state index is 0.0753. The van der Waals surface area contributed by atoms with E-state index in [2.05, 4.69) is 15.9 Å². The van der Waals surface area contributed by atoms with Crippen LogP contribution in [-0.4, -0.2) is 33.0 Å². The molecule has 1 aromatic carbocycles. The van der Waals surface area contributed by atoms with Crippen molar-refractivity contribution in [3.8, 4) is 0 Å². The fourth-order valence-electron chi connectivity index (χ4n) is 4.67. The predicted octanol–water partition coefficient (Wildman–Crippen LogP) is 3.21. The molecule has 1 saturated heterocycles. The fraction of sp³-hybridized carbons (Fsp3) is 0.333. The van der Waals surface area contributed by atoms with Crippen LogP contribution in [0.25, 0.3) is 10.9 Å². The summed E-state index contributed by atoms with van der Waals surface area (Å²) in [6.45, 7) is 2.50. The SMILES string of the molecule is O=C(Cn1ccc2c(Br)cccc21)N1C[C@@H]2C[C@H](C1)c1cccc(=O)n1C2. The lowest BCUT2D eigenvalue weighted by atomic mass is 9.83. The van der Waals surface area contributed by atoms with Crippen molar-refractivity contribution in [3.63, 3.8) is 0 Å². The number of piperidine rings is 1. The molecule has 1 fully saturated rings. The maximum Gasteiger partial charge on any atom is 0.250 e. The number of rotatable bonds is 2. The zero-order valence-corrected chi connectivity index (χ0v) is 16.4. The van der Waals surface area contributed by atoms with Gasteiger partial charge in [0.15, 0.2) is 0 Å². The number of carbonyl (C=O) groups excluding carboxylic acids is 1. The topological polar surface area (TPSA) is 47.2 Å². The second-order valence-corrected chi connectivity index (χ2v) is 8.47. The van der Waals surface area contributed by atoms with Gasteiger partial charge in [-0.1, -0.05) is 28.1 Å². The molecule has 0 aliphatic carbocycles. The van der Waals surface area contributed by atoms with Crippen molar-refractivity contribution < 1.29 is 4.79 Å². The summed E-state index contributed by atoms with van der Waals surface area (Å²) < 4.78 is 4.96. The molecule has 5 rings (SSSR count). The summed E-state index contributed by atoms with van der Waals surface area (Å²) in [6.07, 6.45) is 3.04. The highest BCUT2D eigenvalue weighted by Gasteiger charge is 2.36. The lowest BCUT2D eigenvalue weighted by Crippen LogP contribution is -2.49. The van der Waals surface area contributed by atoms with Gasteiger partial charge < -0.3 is 14.0 Å². The number of carbonyl (C=O) groups is 1. The normalized spacial score (nSPS) is 21.3. The molecule has 2 bridgehead atoms. The smallest absolute Gasteiger partial charge is 0.250 e. The molecule has 2 aliphatic rings. The Bertz CT molecular complexity index is 1100. The van der Waals surface area contributed by atoms with E-state index in [0.29, 0.717) is 25.6 Å². The van der Waals surface area contributed by atoms with Gasteiger partial charge in [-0.3, -0.25) is 9.59 Å². The van der Waals surface area contributed by atoms with Crippen LogP contribution in [0.4, 0.5) is 0 Å². The van der Waals surface area contributed by atoms with Crippen LogP contribution in [0.5, 0.6) is 0 Å². The van der Waals surface area contributed by atoms with Gasteiger partial charge in [0.25, 0.3) is 5.56 Å². The highest BCUT2D eigenvalue weighted by Crippen LogP contribution is 2.35. The number of likely N-dealkylation sites (tertiary alicyclic amines) is 1. The summed E-state index contributed by atoms with van der Waals surface area (Å²) in [7, 11) is 0. The van der Waals surface area contributed by atoms with Crippen LogP contribution in [0.2, 0.25) is 0 Å². The number of benzene rings is 1. The van der Waals surface area contributed by atoms with Crippen molar-refractivity contribution in [2.45, 2.75) is 25.4 Å². The maximum atomic E-state index is 13.0. The van der Waals surface area contributed by atoms with E-state index in [1.807, 2.05) is 56.6 Å². The molecule has 1 amide bonds. The average Bonchev–Trinajstić information content (AvgIpc) is 3.07. The molecule has 0 saturated carbocycles. The number of fused-ring (bicyclic) bond motifs is 5. The second kappa shape index (κ2) is 6.37. The molecular formula is C21H20BrN3O2. The lowest BCUT2D eigenvalue weighted by Gasteiger charge is -2.42. The van der Waals surface area contributed by atoms with Crippen molar-refractivity contribution >= 4 is 32.7 Å². The number of hydrogen-bond donors (Lipinski definition) is 0. The summed E-state index contributed by atoms with van der Waals surface area (Å²) in [4.78, 5) is 27.2. The first-order valence-corrected chi connectivity index (χ1v) is 10.1. The molecule has 5 nitrogen and oxygen atoms in total. The highest BCUT2D eigenvalue weighted by atomic mass is 79.9. The average molecular weight is 426 g/mol. The molecule has 3 aromatic rings. The van der Waals surface area contributed by atoms with Gasteiger partial charge in [0.1, 0.15) is 6.54 Å². The maximum absolute atomic E-state index is 13.0. The van der Waals surface area contributed by atoms with Crippen molar-refractivity contribution in [3.05, 3.63) is 69.2 Å². The van der Waals surface area contributed by atoms with Crippen molar-refractivity contribution in [2.24, 2.45) is 5.92 Å². The van der Waals surface area contributed by atoms with E-state index >= 15 is 0 Å². The summed E-state index contributed by atoms with van der Waals surface area (Å²) >= 11 is 3.57. The van der Waals surface area contributed by atoms with Gasteiger partial charge in [-0.05, 0) is 36.6 Å². The number of halogens is 1. The number of pyridine rings is 1. The molecule has 6 heteroatoms. The molecule has 0 N–H and O–H groups in total. The van der Waals surface area contributed by atoms with E-state index in [1.165, 1.54) is 0 Å². The van der Waals surface area contributed by atoms with Gasteiger partial charge in [-0.25, -0.2) is 0 Å². The van der Waals surface area contributed by atoms with E-state index in [-0.39, 0.29) is 17.4 Å². The number of aromatic nitrogens is 2. The molecule has 138 valence electrons. The van der Waals surface area contributed by atoms with E-state index in [9.17, 15) is 9.59 Å². The van der Waals surface area contributed by atoms with Crippen LogP contribution >= 0.6 is 15.9 Å². The Balaban J connectivity index is 1.39. The van der Waals surface area contributed by atoms with Crippen molar-refractivity contribution in [2.75, 3.05) is 13.1 Å². The Morgan fingerprint density at radius 2 is 1.93 bits per heavy atom. The molecule has 0 radical (unpaired) electrons. The number of amides is 1. The van der Waals surface area contributed by atoms with E-state index in [1.54, 1.807) is 6.07 Å². The molecule has 2 aliphatic heterocycles. The first-order valence-electron chi connectivity index (χ1n) is 9.31. The van der Waals surface area contributed by atoms with Crippen molar-refractivity contribution in [1.82, 2.24) is 14.0 Å². The molecule has 4 heterocycles. The minimum absolute atomic E-state index is 0.0753. The zero-order valence-electron chi connectivity index (χ0n) is 14.8.